The topological polar surface area (TPSA) is 55.8 Å². The lowest BCUT2D eigenvalue weighted by Crippen LogP contribution is -2.57. The fourth-order valence-corrected chi connectivity index (χ4v) is 5.84. The number of likely N-dealkylation sites (tertiary alicyclic amines) is 1. The van der Waals surface area contributed by atoms with Gasteiger partial charge in [-0.3, -0.25) is 4.79 Å². The number of nitrogens with zero attached hydrogens (tertiary/aromatic N) is 1. The molecule has 1 amide bonds. The Morgan fingerprint density at radius 2 is 1.83 bits per heavy atom. The quantitative estimate of drug-likeness (QED) is 0.575. The van der Waals surface area contributed by atoms with Crippen molar-refractivity contribution in [2.45, 2.75) is 83.3 Å². The first-order chi connectivity index (χ1) is 13.3. The number of alkyl halides is 3. The van der Waals surface area contributed by atoms with Crippen molar-refractivity contribution >= 4 is 23.7 Å². The molecule has 1 aromatic rings. The second-order valence-corrected chi connectivity index (χ2v) is 9.88. The van der Waals surface area contributed by atoms with Gasteiger partial charge < -0.3 is 14.4 Å². The molecule has 5 nitrogen and oxygen atoms in total. The van der Waals surface area contributed by atoms with Crippen LogP contribution in [0.3, 0.4) is 0 Å². The number of piperidine rings is 1. The summed E-state index contributed by atoms with van der Waals surface area (Å²) >= 11 is 0.607. The Balaban J connectivity index is 1.98. The van der Waals surface area contributed by atoms with Crippen LogP contribution in [0.2, 0.25) is 0 Å². The standard InChI is InChI=1S/C20H26F3NO4S/c1-11-8-19(9-12(2)24(11)17(26)28-18(3,4)5)15-13(6-7-27-19)14(10-25)16(29-15)20(21,22)23/h10-12H,6-9H2,1-5H3/t11-,12+,19?. The first-order valence-electron chi connectivity index (χ1n) is 9.63. The second kappa shape index (κ2) is 7.27. The molecular weight excluding hydrogens is 407 g/mol. The average molecular weight is 433 g/mol. The number of hydrogen-bond donors (Lipinski definition) is 0. The highest BCUT2D eigenvalue weighted by molar-refractivity contribution is 7.12. The summed E-state index contributed by atoms with van der Waals surface area (Å²) in [5, 5.41) is 0. The van der Waals surface area contributed by atoms with Crippen molar-refractivity contribution in [3.05, 3.63) is 20.9 Å². The van der Waals surface area contributed by atoms with E-state index in [4.69, 9.17) is 9.47 Å². The van der Waals surface area contributed by atoms with Crippen molar-refractivity contribution in [2.24, 2.45) is 0 Å². The van der Waals surface area contributed by atoms with E-state index in [-0.39, 0.29) is 30.7 Å². The van der Waals surface area contributed by atoms with Gasteiger partial charge in [-0.1, -0.05) is 0 Å². The van der Waals surface area contributed by atoms with Gasteiger partial charge in [0.15, 0.2) is 6.29 Å². The summed E-state index contributed by atoms with van der Waals surface area (Å²) in [5.41, 5.74) is -1.41. The van der Waals surface area contributed by atoms with E-state index in [0.29, 0.717) is 40.9 Å². The van der Waals surface area contributed by atoms with Crippen molar-refractivity contribution in [1.82, 2.24) is 4.90 Å². The summed E-state index contributed by atoms with van der Waals surface area (Å²) in [6.07, 6.45) is -3.76. The van der Waals surface area contributed by atoms with Gasteiger partial charge in [-0.15, -0.1) is 11.3 Å². The van der Waals surface area contributed by atoms with Gasteiger partial charge in [-0.2, -0.15) is 13.2 Å². The molecule has 3 rings (SSSR count). The molecule has 162 valence electrons. The van der Waals surface area contributed by atoms with Gasteiger partial charge in [0.1, 0.15) is 16.1 Å². The Morgan fingerprint density at radius 1 is 1.24 bits per heavy atom. The molecule has 2 aliphatic rings. The molecule has 0 saturated carbocycles. The maximum Gasteiger partial charge on any atom is 0.426 e. The van der Waals surface area contributed by atoms with E-state index in [1.165, 1.54) is 0 Å². The fourth-order valence-electron chi connectivity index (χ4n) is 4.49. The molecule has 2 aliphatic heterocycles. The normalized spacial score (nSPS) is 27.7. The predicted octanol–water partition coefficient (Wildman–Crippen LogP) is 5.16. The van der Waals surface area contributed by atoms with Gasteiger partial charge in [-0.25, -0.2) is 4.79 Å². The maximum absolute atomic E-state index is 13.5. The van der Waals surface area contributed by atoms with Gasteiger partial charge in [0.05, 0.1) is 6.61 Å². The number of hydrogen-bond acceptors (Lipinski definition) is 5. The average Bonchev–Trinajstić information content (AvgIpc) is 2.93. The van der Waals surface area contributed by atoms with Crippen LogP contribution in [-0.2, 0) is 27.7 Å². The number of halogens is 3. The van der Waals surface area contributed by atoms with Crippen molar-refractivity contribution in [3.63, 3.8) is 0 Å². The highest BCUT2D eigenvalue weighted by atomic mass is 32.1. The minimum absolute atomic E-state index is 0.244. The monoisotopic (exact) mass is 433 g/mol. The molecule has 1 saturated heterocycles. The lowest BCUT2D eigenvalue weighted by molar-refractivity contribution is -0.134. The molecule has 3 atom stereocenters. The van der Waals surface area contributed by atoms with Crippen molar-refractivity contribution in [3.8, 4) is 0 Å². The highest BCUT2D eigenvalue weighted by Crippen LogP contribution is 2.52. The number of ether oxygens (including phenoxy) is 2. The molecule has 1 unspecified atom stereocenters. The molecule has 1 aromatic heterocycles. The van der Waals surface area contributed by atoms with E-state index in [1.54, 1.807) is 25.7 Å². The zero-order valence-corrected chi connectivity index (χ0v) is 18.0. The van der Waals surface area contributed by atoms with E-state index < -0.39 is 28.3 Å². The van der Waals surface area contributed by atoms with E-state index in [0.717, 1.165) is 0 Å². The molecule has 3 heterocycles. The molecule has 0 N–H and O–H groups in total. The largest absolute Gasteiger partial charge is 0.444 e. The Morgan fingerprint density at radius 3 is 2.31 bits per heavy atom. The van der Waals surface area contributed by atoms with Crippen LogP contribution in [0.1, 0.15) is 73.1 Å². The van der Waals surface area contributed by atoms with Crippen LogP contribution < -0.4 is 0 Å². The van der Waals surface area contributed by atoms with Gasteiger partial charge in [-0.05, 0) is 46.6 Å². The van der Waals surface area contributed by atoms with Crippen molar-refractivity contribution in [2.75, 3.05) is 6.61 Å². The zero-order valence-electron chi connectivity index (χ0n) is 17.2. The molecule has 29 heavy (non-hydrogen) atoms. The predicted molar refractivity (Wildman–Crippen MR) is 102 cm³/mol. The first-order valence-corrected chi connectivity index (χ1v) is 10.4. The summed E-state index contributed by atoms with van der Waals surface area (Å²) < 4.78 is 52.1. The summed E-state index contributed by atoms with van der Waals surface area (Å²) in [4.78, 5) is 25.4. The third-order valence-corrected chi connectivity index (χ3v) is 6.85. The number of fused-ring (bicyclic) bond motifs is 2. The number of rotatable bonds is 1. The van der Waals surface area contributed by atoms with E-state index in [9.17, 15) is 22.8 Å². The minimum atomic E-state index is -4.59. The lowest BCUT2D eigenvalue weighted by atomic mass is 9.78. The van der Waals surface area contributed by atoms with Crippen LogP contribution >= 0.6 is 11.3 Å². The van der Waals surface area contributed by atoms with Gasteiger partial charge >= 0.3 is 12.3 Å². The second-order valence-electron chi connectivity index (χ2n) is 8.85. The van der Waals surface area contributed by atoms with Crippen LogP contribution in [0.5, 0.6) is 0 Å². The number of carbonyl (C=O) groups is 2. The smallest absolute Gasteiger partial charge is 0.426 e. The van der Waals surface area contributed by atoms with Gasteiger partial charge in [0.25, 0.3) is 0 Å². The number of carbonyl (C=O) groups excluding carboxylic acids is 2. The molecule has 0 aliphatic carbocycles. The lowest BCUT2D eigenvalue weighted by Gasteiger charge is -2.50. The van der Waals surface area contributed by atoms with Crippen LogP contribution in [0.25, 0.3) is 0 Å². The Bertz CT molecular complexity index is 800. The third kappa shape index (κ3) is 4.03. The fraction of sp³-hybridized carbons (Fsp3) is 0.700. The van der Waals surface area contributed by atoms with E-state index in [1.807, 2.05) is 13.8 Å². The van der Waals surface area contributed by atoms with E-state index >= 15 is 0 Å². The number of amides is 1. The zero-order chi connectivity index (χ0) is 21.8. The summed E-state index contributed by atoms with van der Waals surface area (Å²) in [6, 6.07) is -0.591. The molecule has 0 aromatic carbocycles. The molecule has 1 fully saturated rings. The number of aldehydes is 1. The minimum Gasteiger partial charge on any atom is -0.444 e. The summed E-state index contributed by atoms with van der Waals surface area (Å²) in [6.45, 7) is 9.29. The summed E-state index contributed by atoms with van der Waals surface area (Å²) in [7, 11) is 0. The number of thiophene rings is 1. The van der Waals surface area contributed by atoms with Crippen LogP contribution in [0.15, 0.2) is 0 Å². The van der Waals surface area contributed by atoms with Crippen LogP contribution in [0.4, 0.5) is 18.0 Å². The molecule has 9 heteroatoms. The van der Waals surface area contributed by atoms with Crippen molar-refractivity contribution in [1.29, 1.82) is 0 Å². The first kappa shape index (κ1) is 22.1. The van der Waals surface area contributed by atoms with E-state index in [2.05, 4.69) is 0 Å². The highest BCUT2D eigenvalue weighted by Gasteiger charge is 2.51. The van der Waals surface area contributed by atoms with Gasteiger partial charge in [0, 0.05) is 35.4 Å². The molecule has 0 radical (unpaired) electrons. The van der Waals surface area contributed by atoms with Crippen molar-refractivity contribution < 1.29 is 32.2 Å². The van der Waals surface area contributed by atoms with Crippen LogP contribution in [0, 0.1) is 0 Å². The molecule has 1 spiro atoms. The Hall–Kier alpha value is -1.61. The molecule has 0 bridgehead atoms. The maximum atomic E-state index is 13.5. The Labute approximate surface area is 172 Å². The third-order valence-electron chi connectivity index (χ3n) is 5.37. The summed E-state index contributed by atoms with van der Waals surface area (Å²) in [5.74, 6) is 0. The Kier molecular flexibility index (Phi) is 5.53. The SMILES string of the molecule is C[C@@H]1CC2(C[C@H](C)N1C(=O)OC(C)(C)C)OCCc1c2sc(C(F)(F)F)c1C=O. The van der Waals surface area contributed by atoms with Gasteiger partial charge in [0.2, 0.25) is 0 Å². The molecular formula is C20H26F3NO4S. The van der Waals surface area contributed by atoms with Crippen LogP contribution in [-0.4, -0.2) is 41.6 Å².